The molecule has 10 heavy (non-hydrogen) atoms. The van der Waals surface area contributed by atoms with E-state index in [9.17, 15) is 5.26 Å². The molecule has 2 heteroatoms. The highest BCUT2D eigenvalue weighted by molar-refractivity contribution is 5.16. The van der Waals surface area contributed by atoms with Crippen LogP contribution in [0.25, 0.3) is 0 Å². The number of hydrogen-bond acceptors (Lipinski definition) is 1. The summed E-state index contributed by atoms with van der Waals surface area (Å²) >= 11 is 0. The number of epoxide rings is 1. The van der Waals surface area contributed by atoms with Crippen LogP contribution in [0.1, 0.15) is 25.7 Å². The summed E-state index contributed by atoms with van der Waals surface area (Å²) in [6.45, 7) is 3.69. The van der Waals surface area contributed by atoms with Gasteiger partial charge < -0.3 is 9.78 Å². The smallest absolute Gasteiger partial charge is 0.263 e. The minimum Gasteiger partial charge on any atom is -0.533 e. The molecule has 0 amide bonds. The Balaban J connectivity index is 2.16. The van der Waals surface area contributed by atoms with E-state index in [1.807, 2.05) is 4.52 Å². The van der Waals surface area contributed by atoms with Crippen LogP contribution in [0.2, 0.25) is 0 Å². The highest BCUT2D eigenvalue weighted by Crippen LogP contribution is 2.52. The van der Waals surface area contributed by atoms with Gasteiger partial charge in [0, 0.05) is 12.8 Å². The van der Waals surface area contributed by atoms with E-state index < -0.39 is 0 Å². The molecule has 2 unspecified atom stereocenters. The van der Waals surface area contributed by atoms with Crippen molar-refractivity contribution in [3.05, 3.63) is 12.7 Å². The van der Waals surface area contributed by atoms with Crippen molar-refractivity contribution in [2.24, 2.45) is 0 Å². The van der Waals surface area contributed by atoms with Gasteiger partial charge in [-0.05, 0) is 18.9 Å². The van der Waals surface area contributed by atoms with Gasteiger partial charge >= 0.3 is 0 Å². The van der Waals surface area contributed by atoms with Gasteiger partial charge in [-0.3, -0.25) is 0 Å². The Kier molecular flexibility index (Phi) is 1.17. The van der Waals surface area contributed by atoms with Gasteiger partial charge in [0.15, 0.2) is 0 Å². The third kappa shape index (κ3) is 0.559. The average Bonchev–Trinajstić information content (AvgIpc) is 2.60. The van der Waals surface area contributed by atoms with Gasteiger partial charge in [0.1, 0.15) is 0 Å². The molecule has 0 bridgehead atoms. The Morgan fingerprint density at radius 1 is 1.60 bits per heavy atom. The fourth-order valence-corrected chi connectivity index (χ4v) is 2.01. The van der Waals surface area contributed by atoms with Gasteiger partial charge in [0.05, 0.1) is 0 Å². The molecule has 2 fully saturated rings. The summed E-state index contributed by atoms with van der Waals surface area (Å²) in [6.07, 6.45) is 6.42. The lowest BCUT2D eigenvalue weighted by Gasteiger charge is -2.06. The minimum atomic E-state index is -0.196. The molecule has 2 aliphatic rings. The van der Waals surface area contributed by atoms with E-state index >= 15 is 0 Å². The van der Waals surface area contributed by atoms with Crippen molar-refractivity contribution in [3.63, 3.8) is 0 Å². The Bertz CT molecular complexity index is 167. The van der Waals surface area contributed by atoms with E-state index in [1.165, 1.54) is 12.8 Å². The number of rotatable bonds is 1. The van der Waals surface area contributed by atoms with Crippen molar-refractivity contribution in [1.29, 1.82) is 0 Å². The SMILES string of the molecule is C=CC12CCCCC1[O+]2[O-]. The molecule has 1 saturated heterocycles. The zero-order valence-corrected chi connectivity index (χ0v) is 6.01. The van der Waals surface area contributed by atoms with Gasteiger partial charge in [0.25, 0.3) is 5.60 Å². The van der Waals surface area contributed by atoms with Crippen LogP contribution in [-0.4, -0.2) is 11.7 Å². The predicted octanol–water partition coefficient (Wildman–Crippen LogP) is 0.695. The monoisotopic (exact) mass is 140 g/mol. The quantitative estimate of drug-likeness (QED) is 0.228. The van der Waals surface area contributed by atoms with Crippen LogP contribution in [0, 0.1) is 0 Å². The standard InChI is InChI=1S/C8H12O2/c1-2-8-6-4-3-5-7(8)10(8)9/h2,7H,1,3-6H2. The molecule has 0 aromatic carbocycles. The molecule has 2 nitrogen and oxygen atoms in total. The zero-order valence-electron chi connectivity index (χ0n) is 6.01. The van der Waals surface area contributed by atoms with Crippen molar-refractivity contribution >= 4 is 0 Å². The Labute approximate surface area is 60.7 Å². The first-order valence-corrected chi connectivity index (χ1v) is 3.85. The molecule has 1 saturated carbocycles. The molecule has 1 aliphatic heterocycles. The highest BCUT2D eigenvalue weighted by Gasteiger charge is 2.68. The first-order chi connectivity index (χ1) is 4.81. The molecule has 0 aromatic rings. The molecule has 0 radical (unpaired) electrons. The molecule has 56 valence electrons. The summed E-state index contributed by atoms with van der Waals surface area (Å²) in [5, 5.41) is 11.0. The Hall–Kier alpha value is -0.340. The summed E-state index contributed by atoms with van der Waals surface area (Å²) in [6, 6.07) is 0. The van der Waals surface area contributed by atoms with Gasteiger partial charge in [-0.15, -0.1) is 0 Å². The second-order valence-electron chi connectivity index (χ2n) is 3.19. The summed E-state index contributed by atoms with van der Waals surface area (Å²) in [5.74, 6) is 0. The lowest BCUT2D eigenvalue weighted by Crippen LogP contribution is -2.19. The van der Waals surface area contributed by atoms with Gasteiger partial charge in [-0.1, -0.05) is 6.58 Å². The highest BCUT2D eigenvalue weighted by atomic mass is 17.3. The van der Waals surface area contributed by atoms with Crippen LogP contribution in [0.15, 0.2) is 12.7 Å². The number of hydrogen-bond donors (Lipinski definition) is 0. The fraction of sp³-hybridized carbons (Fsp3) is 0.750. The van der Waals surface area contributed by atoms with Crippen molar-refractivity contribution in [2.45, 2.75) is 37.4 Å². The van der Waals surface area contributed by atoms with Crippen LogP contribution >= 0.6 is 0 Å². The molecular weight excluding hydrogens is 128 g/mol. The van der Waals surface area contributed by atoms with Gasteiger partial charge in [0.2, 0.25) is 6.10 Å². The van der Waals surface area contributed by atoms with E-state index in [0.29, 0.717) is 0 Å². The van der Waals surface area contributed by atoms with Crippen molar-refractivity contribution in [2.75, 3.05) is 0 Å². The number of fused-ring (bicyclic) bond motifs is 1. The molecule has 0 spiro atoms. The van der Waals surface area contributed by atoms with Gasteiger partial charge in [-0.25, -0.2) is 0 Å². The topological polar surface area (TPSA) is 25.8 Å². The van der Waals surface area contributed by atoms with E-state index in [0.717, 1.165) is 12.8 Å². The summed E-state index contributed by atoms with van der Waals surface area (Å²) in [7, 11) is 0. The van der Waals surface area contributed by atoms with Crippen molar-refractivity contribution in [3.8, 4) is 0 Å². The second kappa shape index (κ2) is 1.83. The summed E-state index contributed by atoms with van der Waals surface area (Å²) in [4.78, 5) is 0. The largest absolute Gasteiger partial charge is 0.533 e. The maximum Gasteiger partial charge on any atom is 0.263 e. The Morgan fingerprint density at radius 2 is 2.40 bits per heavy atom. The van der Waals surface area contributed by atoms with E-state index in [4.69, 9.17) is 0 Å². The summed E-state index contributed by atoms with van der Waals surface area (Å²) in [5.41, 5.74) is -0.196. The second-order valence-corrected chi connectivity index (χ2v) is 3.19. The maximum atomic E-state index is 11.0. The molecule has 2 atom stereocenters. The van der Waals surface area contributed by atoms with Gasteiger partial charge in [-0.2, -0.15) is 0 Å². The van der Waals surface area contributed by atoms with Crippen molar-refractivity contribution in [1.82, 2.24) is 0 Å². The third-order valence-electron chi connectivity index (χ3n) is 2.75. The fourth-order valence-electron chi connectivity index (χ4n) is 2.01. The van der Waals surface area contributed by atoms with Crippen LogP contribution in [0.5, 0.6) is 0 Å². The predicted molar refractivity (Wildman–Crippen MR) is 36.3 cm³/mol. The molecule has 1 aliphatic carbocycles. The van der Waals surface area contributed by atoms with E-state index in [2.05, 4.69) is 6.58 Å². The van der Waals surface area contributed by atoms with Crippen LogP contribution in [0.3, 0.4) is 0 Å². The lowest BCUT2D eigenvalue weighted by atomic mass is 9.89. The molecule has 0 aromatic heterocycles. The maximum absolute atomic E-state index is 11.0. The molecular formula is C8H12O2. The minimum absolute atomic E-state index is 0.196. The Morgan fingerprint density at radius 3 is 2.90 bits per heavy atom. The lowest BCUT2D eigenvalue weighted by molar-refractivity contribution is -0.748. The zero-order chi connectivity index (χ0) is 7.19. The molecule has 1 heterocycles. The molecule has 0 N–H and O–H groups in total. The van der Waals surface area contributed by atoms with Crippen LogP contribution in [-0.2, 0) is 4.52 Å². The van der Waals surface area contributed by atoms with Crippen LogP contribution < -0.4 is 5.26 Å². The normalized spacial score (nSPS) is 46.3. The van der Waals surface area contributed by atoms with E-state index in [1.54, 1.807) is 6.08 Å². The summed E-state index contributed by atoms with van der Waals surface area (Å²) < 4.78 is 1.97. The average molecular weight is 140 g/mol. The van der Waals surface area contributed by atoms with E-state index in [-0.39, 0.29) is 11.7 Å². The first kappa shape index (κ1) is 6.38. The first-order valence-electron chi connectivity index (χ1n) is 3.85. The molecule has 2 rings (SSSR count). The van der Waals surface area contributed by atoms with Crippen LogP contribution in [0.4, 0.5) is 0 Å². The van der Waals surface area contributed by atoms with Crippen molar-refractivity contribution < 1.29 is 9.78 Å². The third-order valence-corrected chi connectivity index (χ3v) is 2.75.